The predicted molar refractivity (Wildman–Crippen MR) is 76.0 cm³/mol. The van der Waals surface area contributed by atoms with E-state index in [1.807, 2.05) is 6.20 Å². The maximum atomic E-state index is 4.35. The van der Waals surface area contributed by atoms with Crippen LogP contribution >= 0.6 is 11.3 Å². The Kier molecular flexibility index (Phi) is 3.30. The lowest BCUT2D eigenvalue weighted by molar-refractivity contribution is 0.690. The first kappa shape index (κ1) is 11.7. The standard InChI is InChI=1S/C14H17N3S/c1-10-7-17-14(18-10)9-15-8-11-2-3-12-4-5-16-13(12)6-11/h2-3,6-7,15-16H,4-5,8-9H2,1H3. The highest BCUT2D eigenvalue weighted by Crippen LogP contribution is 2.23. The molecule has 3 rings (SSSR count). The van der Waals surface area contributed by atoms with E-state index in [1.54, 1.807) is 11.3 Å². The molecule has 4 heteroatoms. The van der Waals surface area contributed by atoms with Gasteiger partial charge in [0.05, 0.1) is 0 Å². The Morgan fingerprint density at radius 3 is 3.17 bits per heavy atom. The third-order valence-corrected chi connectivity index (χ3v) is 4.07. The molecule has 3 nitrogen and oxygen atoms in total. The van der Waals surface area contributed by atoms with Crippen molar-refractivity contribution in [1.29, 1.82) is 0 Å². The highest BCUT2D eigenvalue weighted by molar-refractivity contribution is 7.11. The van der Waals surface area contributed by atoms with Crippen LogP contribution in [0.15, 0.2) is 24.4 Å². The summed E-state index contributed by atoms with van der Waals surface area (Å²) in [6, 6.07) is 6.70. The first-order chi connectivity index (χ1) is 8.81. The topological polar surface area (TPSA) is 37.0 Å². The van der Waals surface area contributed by atoms with Crippen LogP contribution in [0, 0.1) is 6.92 Å². The number of aromatic nitrogens is 1. The van der Waals surface area contributed by atoms with E-state index >= 15 is 0 Å². The molecule has 0 radical (unpaired) electrons. The van der Waals surface area contributed by atoms with Gasteiger partial charge in [0.25, 0.3) is 0 Å². The van der Waals surface area contributed by atoms with Crippen molar-refractivity contribution in [3.63, 3.8) is 0 Å². The van der Waals surface area contributed by atoms with Crippen molar-refractivity contribution in [1.82, 2.24) is 10.3 Å². The minimum absolute atomic E-state index is 0.850. The van der Waals surface area contributed by atoms with E-state index in [9.17, 15) is 0 Å². The molecule has 2 N–H and O–H groups in total. The number of rotatable bonds is 4. The minimum Gasteiger partial charge on any atom is -0.384 e. The third-order valence-electron chi connectivity index (χ3n) is 3.16. The summed E-state index contributed by atoms with van der Waals surface area (Å²) < 4.78 is 0. The van der Waals surface area contributed by atoms with Crippen LogP contribution in [0.1, 0.15) is 21.0 Å². The Hall–Kier alpha value is -1.39. The summed E-state index contributed by atoms with van der Waals surface area (Å²) in [5.74, 6) is 0. The molecule has 1 aliphatic rings. The van der Waals surface area contributed by atoms with E-state index in [1.165, 1.54) is 21.7 Å². The van der Waals surface area contributed by atoms with Crippen molar-refractivity contribution >= 4 is 17.0 Å². The quantitative estimate of drug-likeness (QED) is 0.886. The van der Waals surface area contributed by atoms with Gasteiger partial charge in [-0.3, -0.25) is 0 Å². The Balaban J connectivity index is 1.57. The van der Waals surface area contributed by atoms with Gasteiger partial charge in [-0.2, -0.15) is 0 Å². The van der Waals surface area contributed by atoms with Crippen molar-refractivity contribution < 1.29 is 0 Å². The Bertz CT molecular complexity index is 548. The molecular weight excluding hydrogens is 242 g/mol. The summed E-state index contributed by atoms with van der Waals surface area (Å²) in [5, 5.41) is 8.02. The summed E-state index contributed by atoms with van der Waals surface area (Å²) in [4.78, 5) is 5.62. The number of nitrogens with one attached hydrogen (secondary N) is 2. The molecule has 1 aliphatic heterocycles. The zero-order chi connectivity index (χ0) is 12.4. The van der Waals surface area contributed by atoms with Gasteiger partial charge in [-0.05, 0) is 30.5 Å². The maximum absolute atomic E-state index is 4.35. The van der Waals surface area contributed by atoms with Crippen molar-refractivity contribution in [2.24, 2.45) is 0 Å². The molecule has 0 saturated heterocycles. The monoisotopic (exact) mass is 259 g/mol. The highest BCUT2D eigenvalue weighted by atomic mass is 32.1. The lowest BCUT2D eigenvalue weighted by Crippen LogP contribution is -2.12. The fraction of sp³-hybridized carbons (Fsp3) is 0.357. The van der Waals surface area contributed by atoms with Gasteiger partial charge >= 0.3 is 0 Å². The number of thiazole rings is 1. The van der Waals surface area contributed by atoms with Crippen molar-refractivity contribution in [2.75, 3.05) is 11.9 Å². The number of benzene rings is 1. The lowest BCUT2D eigenvalue weighted by Gasteiger charge is -2.06. The molecular formula is C14H17N3S. The van der Waals surface area contributed by atoms with Gasteiger partial charge in [0.15, 0.2) is 0 Å². The summed E-state index contributed by atoms with van der Waals surface area (Å²) in [6.45, 7) is 4.91. The van der Waals surface area contributed by atoms with Crippen LogP contribution in [0.5, 0.6) is 0 Å². The van der Waals surface area contributed by atoms with Crippen LogP contribution in [0.3, 0.4) is 0 Å². The van der Waals surface area contributed by atoms with Crippen LogP contribution in [0.4, 0.5) is 5.69 Å². The Labute approximate surface area is 111 Å². The van der Waals surface area contributed by atoms with E-state index in [0.29, 0.717) is 0 Å². The number of anilines is 1. The van der Waals surface area contributed by atoms with Crippen LogP contribution in [0.25, 0.3) is 0 Å². The Morgan fingerprint density at radius 2 is 2.33 bits per heavy atom. The van der Waals surface area contributed by atoms with E-state index in [-0.39, 0.29) is 0 Å². The van der Waals surface area contributed by atoms with Crippen LogP contribution < -0.4 is 10.6 Å². The normalized spacial score (nSPS) is 13.4. The molecule has 2 heterocycles. The second-order valence-electron chi connectivity index (χ2n) is 4.64. The largest absolute Gasteiger partial charge is 0.384 e. The van der Waals surface area contributed by atoms with Crippen LogP contribution in [-0.2, 0) is 19.5 Å². The molecule has 0 amide bonds. The van der Waals surface area contributed by atoms with E-state index in [0.717, 1.165) is 31.1 Å². The molecule has 94 valence electrons. The van der Waals surface area contributed by atoms with Gasteiger partial charge < -0.3 is 10.6 Å². The zero-order valence-corrected chi connectivity index (χ0v) is 11.3. The molecule has 0 spiro atoms. The molecule has 0 fully saturated rings. The molecule has 1 aromatic heterocycles. The summed E-state index contributed by atoms with van der Waals surface area (Å²) in [6.07, 6.45) is 3.09. The average Bonchev–Trinajstić information content (AvgIpc) is 2.97. The van der Waals surface area contributed by atoms with Crippen LogP contribution in [0.2, 0.25) is 0 Å². The highest BCUT2D eigenvalue weighted by Gasteiger charge is 2.09. The maximum Gasteiger partial charge on any atom is 0.107 e. The van der Waals surface area contributed by atoms with E-state index in [4.69, 9.17) is 0 Å². The second-order valence-corrected chi connectivity index (χ2v) is 5.96. The molecule has 1 aromatic carbocycles. The van der Waals surface area contributed by atoms with Gasteiger partial charge in [0.2, 0.25) is 0 Å². The third kappa shape index (κ3) is 2.54. The van der Waals surface area contributed by atoms with Crippen LogP contribution in [-0.4, -0.2) is 11.5 Å². The van der Waals surface area contributed by atoms with Crippen molar-refractivity contribution in [3.05, 3.63) is 45.4 Å². The number of aryl methyl sites for hydroxylation is 1. The Morgan fingerprint density at radius 1 is 1.39 bits per heavy atom. The van der Waals surface area contributed by atoms with E-state index in [2.05, 4.69) is 40.7 Å². The summed E-state index contributed by atoms with van der Waals surface area (Å²) >= 11 is 1.76. The van der Waals surface area contributed by atoms with Gasteiger partial charge in [0, 0.05) is 36.4 Å². The molecule has 0 unspecified atom stereocenters. The SMILES string of the molecule is Cc1cnc(CNCc2ccc3c(c2)NCC3)s1. The molecule has 0 bridgehead atoms. The lowest BCUT2D eigenvalue weighted by atomic mass is 10.1. The molecule has 0 saturated carbocycles. The summed E-state index contributed by atoms with van der Waals surface area (Å²) in [5.41, 5.74) is 4.07. The zero-order valence-electron chi connectivity index (χ0n) is 10.5. The molecule has 0 aliphatic carbocycles. The van der Waals surface area contributed by atoms with Gasteiger partial charge in [0.1, 0.15) is 5.01 Å². The number of hydrogen-bond donors (Lipinski definition) is 2. The molecule has 2 aromatic rings. The fourth-order valence-electron chi connectivity index (χ4n) is 2.24. The average molecular weight is 259 g/mol. The van der Waals surface area contributed by atoms with E-state index < -0.39 is 0 Å². The fourth-order valence-corrected chi connectivity index (χ4v) is 3.00. The smallest absolute Gasteiger partial charge is 0.107 e. The first-order valence-corrected chi connectivity index (χ1v) is 7.10. The number of hydrogen-bond acceptors (Lipinski definition) is 4. The van der Waals surface area contributed by atoms with Crippen molar-refractivity contribution in [2.45, 2.75) is 26.4 Å². The van der Waals surface area contributed by atoms with Gasteiger partial charge in [-0.15, -0.1) is 11.3 Å². The molecule has 0 atom stereocenters. The minimum atomic E-state index is 0.850. The second kappa shape index (κ2) is 5.08. The van der Waals surface area contributed by atoms with Gasteiger partial charge in [-0.25, -0.2) is 4.98 Å². The predicted octanol–water partition coefficient (Wildman–Crippen LogP) is 2.71. The first-order valence-electron chi connectivity index (χ1n) is 6.29. The van der Waals surface area contributed by atoms with Gasteiger partial charge in [-0.1, -0.05) is 12.1 Å². The molecule has 18 heavy (non-hydrogen) atoms. The van der Waals surface area contributed by atoms with Crippen molar-refractivity contribution in [3.8, 4) is 0 Å². The number of nitrogens with zero attached hydrogens (tertiary/aromatic N) is 1. The number of fused-ring (bicyclic) bond motifs is 1. The summed E-state index contributed by atoms with van der Waals surface area (Å²) in [7, 11) is 0.